The SMILES string of the molecule is CCN(CC)c1ccc(/C=N\NC(=O)c2ccc(NC(C)=O)cc2)cc1. The number of anilines is 2. The summed E-state index contributed by atoms with van der Waals surface area (Å²) in [4.78, 5) is 25.3. The Morgan fingerprint density at radius 3 is 2.15 bits per heavy atom. The molecule has 0 fully saturated rings. The Bertz CT molecular complexity index is 763. The molecule has 0 atom stereocenters. The van der Waals surface area contributed by atoms with Gasteiger partial charge in [0.2, 0.25) is 5.91 Å². The lowest BCUT2D eigenvalue weighted by Gasteiger charge is -2.20. The fourth-order valence-corrected chi connectivity index (χ4v) is 2.50. The molecule has 0 spiro atoms. The van der Waals surface area contributed by atoms with Gasteiger partial charge in [-0.15, -0.1) is 0 Å². The van der Waals surface area contributed by atoms with Crippen molar-refractivity contribution in [3.63, 3.8) is 0 Å². The molecule has 136 valence electrons. The molecule has 0 heterocycles. The van der Waals surface area contributed by atoms with Crippen LogP contribution in [-0.4, -0.2) is 31.1 Å². The first kappa shape index (κ1) is 19.2. The van der Waals surface area contributed by atoms with Crippen molar-refractivity contribution in [2.75, 3.05) is 23.3 Å². The molecule has 0 aliphatic heterocycles. The first-order valence-corrected chi connectivity index (χ1v) is 8.59. The van der Waals surface area contributed by atoms with Crippen molar-refractivity contribution < 1.29 is 9.59 Å². The van der Waals surface area contributed by atoms with E-state index in [9.17, 15) is 9.59 Å². The van der Waals surface area contributed by atoms with E-state index in [2.05, 4.69) is 34.6 Å². The Morgan fingerprint density at radius 2 is 1.62 bits per heavy atom. The predicted molar refractivity (Wildman–Crippen MR) is 106 cm³/mol. The largest absolute Gasteiger partial charge is 0.372 e. The summed E-state index contributed by atoms with van der Waals surface area (Å²) >= 11 is 0. The van der Waals surface area contributed by atoms with Crippen molar-refractivity contribution in [1.29, 1.82) is 0 Å². The van der Waals surface area contributed by atoms with Gasteiger partial charge >= 0.3 is 0 Å². The number of benzene rings is 2. The van der Waals surface area contributed by atoms with Gasteiger partial charge in [0.15, 0.2) is 0 Å². The van der Waals surface area contributed by atoms with E-state index in [-0.39, 0.29) is 11.8 Å². The number of hydrogen-bond acceptors (Lipinski definition) is 4. The lowest BCUT2D eigenvalue weighted by atomic mass is 10.2. The maximum absolute atomic E-state index is 12.1. The van der Waals surface area contributed by atoms with E-state index in [0.717, 1.165) is 24.3 Å². The molecule has 0 aliphatic rings. The topological polar surface area (TPSA) is 73.8 Å². The van der Waals surface area contributed by atoms with E-state index >= 15 is 0 Å². The highest BCUT2D eigenvalue weighted by Crippen LogP contribution is 2.14. The van der Waals surface area contributed by atoms with Gasteiger partial charge in [-0.3, -0.25) is 9.59 Å². The first-order chi connectivity index (χ1) is 12.5. The molecule has 0 saturated heterocycles. The van der Waals surface area contributed by atoms with Crippen LogP contribution >= 0.6 is 0 Å². The summed E-state index contributed by atoms with van der Waals surface area (Å²) in [7, 11) is 0. The molecular formula is C20H24N4O2. The predicted octanol–water partition coefficient (Wildman–Crippen LogP) is 3.26. The van der Waals surface area contributed by atoms with Gasteiger partial charge in [0.25, 0.3) is 5.91 Å². The Balaban J connectivity index is 1.93. The molecule has 2 N–H and O–H groups in total. The molecule has 0 bridgehead atoms. The quantitative estimate of drug-likeness (QED) is 0.593. The maximum Gasteiger partial charge on any atom is 0.271 e. The van der Waals surface area contributed by atoms with Crippen molar-refractivity contribution in [3.05, 3.63) is 59.7 Å². The zero-order chi connectivity index (χ0) is 18.9. The number of amides is 2. The van der Waals surface area contributed by atoms with Gasteiger partial charge in [0, 0.05) is 37.0 Å². The molecule has 6 nitrogen and oxygen atoms in total. The minimum absolute atomic E-state index is 0.154. The summed E-state index contributed by atoms with van der Waals surface area (Å²) in [6.45, 7) is 7.60. The molecule has 2 aromatic carbocycles. The summed E-state index contributed by atoms with van der Waals surface area (Å²) in [5.74, 6) is -0.464. The van der Waals surface area contributed by atoms with E-state index in [1.54, 1.807) is 30.5 Å². The average molecular weight is 352 g/mol. The number of nitrogens with one attached hydrogen (secondary N) is 2. The smallest absolute Gasteiger partial charge is 0.271 e. The minimum Gasteiger partial charge on any atom is -0.372 e. The average Bonchev–Trinajstić information content (AvgIpc) is 2.64. The summed E-state index contributed by atoms with van der Waals surface area (Å²) in [6.07, 6.45) is 1.61. The Labute approximate surface area is 153 Å². The second-order valence-corrected chi connectivity index (χ2v) is 5.72. The highest BCUT2D eigenvalue weighted by Gasteiger charge is 2.04. The van der Waals surface area contributed by atoms with Gasteiger partial charge in [-0.05, 0) is 55.8 Å². The van der Waals surface area contributed by atoms with E-state index in [4.69, 9.17) is 0 Å². The molecule has 2 rings (SSSR count). The van der Waals surface area contributed by atoms with Crippen molar-refractivity contribution in [2.45, 2.75) is 20.8 Å². The molecule has 0 radical (unpaired) electrons. The third kappa shape index (κ3) is 5.44. The summed E-state index contributed by atoms with van der Waals surface area (Å²) < 4.78 is 0. The summed E-state index contributed by atoms with van der Waals surface area (Å²) in [6, 6.07) is 14.6. The highest BCUT2D eigenvalue weighted by molar-refractivity contribution is 5.96. The number of carbonyl (C=O) groups is 2. The van der Waals surface area contributed by atoms with Crippen LogP contribution in [0.4, 0.5) is 11.4 Å². The Kier molecular flexibility index (Phi) is 6.91. The van der Waals surface area contributed by atoms with Gasteiger partial charge < -0.3 is 10.2 Å². The van der Waals surface area contributed by atoms with Crippen LogP contribution in [0.3, 0.4) is 0 Å². The Hall–Kier alpha value is -3.15. The van der Waals surface area contributed by atoms with Gasteiger partial charge in [0.05, 0.1) is 6.21 Å². The summed E-state index contributed by atoms with van der Waals surface area (Å²) in [5.41, 5.74) is 5.68. The highest BCUT2D eigenvalue weighted by atomic mass is 16.2. The first-order valence-electron chi connectivity index (χ1n) is 8.59. The molecule has 26 heavy (non-hydrogen) atoms. The third-order valence-electron chi connectivity index (χ3n) is 3.87. The zero-order valence-corrected chi connectivity index (χ0v) is 15.3. The fourth-order valence-electron chi connectivity index (χ4n) is 2.50. The van der Waals surface area contributed by atoms with Crippen molar-refractivity contribution in [1.82, 2.24) is 5.43 Å². The lowest BCUT2D eigenvalue weighted by Crippen LogP contribution is -2.21. The molecular weight excluding hydrogens is 328 g/mol. The second kappa shape index (κ2) is 9.36. The normalized spacial score (nSPS) is 10.6. The Morgan fingerprint density at radius 1 is 1.00 bits per heavy atom. The number of nitrogens with zero attached hydrogens (tertiary/aromatic N) is 2. The van der Waals surface area contributed by atoms with Crippen LogP contribution in [0.1, 0.15) is 36.7 Å². The van der Waals surface area contributed by atoms with E-state index in [1.807, 2.05) is 24.3 Å². The van der Waals surface area contributed by atoms with Crippen LogP contribution in [0.25, 0.3) is 0 Å². The van der Waals surface area contributed by atoms with Crippen molar-refractivity contribution in [3.8, 4) is 0 Å². The van der Waals surface area contributed by atoms with Crippen LogP contribution in [-0.2, 0) is 4.79 Å². The van der Waals surface area contributed by atoms with Gasteiger partial charge in [-0.1, -0.05) is 12.1 Å². The van der Waals surface area contributed by atoms with Crippen LogP contribution in [0.2, 0.25) is 0 Å². The molecule has 0 aromatic heterocycles. The van der Waals surface area contributed by atoms with Crippen LogP contribution in [0.5, 0.6) is 0 Å². The minimum atomic E-state index is -0.310. The number of hydrazone groups is 1. The number of hydrogen-bond donors (Lipinski definition) is 2. The third-order valence-corrected chi connectivity index (χ3v) is 3.87. The van der Waals surface area contributed by atoms with E-state index in [0.29, 0.717) is 11.3 Å². The molecule has 6 heteroatoms. The molecule has 0 unspecified atom stereocenters. The molecule has 0 saturated carbocycles. The number of carbonyl (C=O) groups excluding carboxylic acids is 2. The molecule has 0 aliphatic carbocycles. The second-order valence-electron chi connectivity index (χ2n) is 5.72. The van der Waals surface area contributed by atoms with Crippen molar-refractivity contribution >= 4 is 29.4 Å². The van der Waals surface area contributed by atoms with Gasteiger partial charge in [0.1, 0.15) is 0 Å². The van der Waals surface area contributed by atoms with E-state index < -0.39 is 0 Å². The van der Waals surface area contributed by atoms with Gasteiger partial charge in [-0.25, -0.2) is 5.43 Å². The zero-order valence-electron chi connectivity index (χ0n) is 15.3. The maximum atomic E-state index is 12.1. The van der Waals surface area contributed by atoms with Crippen molar-refractivity contribution in [2.24, 2.45) is 5.10 Å². The molecule has 2 aromatic rings. The fraction of sp³-hybridized carbons (Fsp3) is 0.250. The van der Waals surface area contributed by atoms with E-state index in [1.165, 1.54) is 6.92 Å². The number of rotatable bonds is 7. The van der Waals surface area contributed by atoms with Crippen LogP contribution in [0.15, 0.2) is 53.6 Å². The van der Waals surface area contributed by atoms with Crippen LogP contribution < -0.4 is 15.6 Å². The van der Waals surface area contributed by atoms with Crippen LogP contribution in [0, 0.1) is 0 Å². The lowest BCUT2D eigenvalue weighted by molar-refractivity contribution is -0.114. The standard InChI is InChI=1S/C20H24N4O2/c1-4-24(5-2)19-12-6-16(7-13-19)14-21-23-20(26)17-8-10-18(11-9-17)22-15(3)25/h6-14H,4-5H2,1-3H3,(H,22,25)(H,23,26)/b21-14-. The monoisotopic (exact) mass is 352 g/mol. The molecule has 2 amide bonds. The van der Waals surface area contributed by atoms with Gasteiger partial charge in [-0.2, -0.15) is 5.10 Å². The summed E-state index contributed by atoms with van der Waals surface area (Å²) in [5, 5.41) is 6.65.